The van der Waals surface area contributed by atoms with Crippen molar-refractivity contribution < 1.29 is 13.2 Å². The van der Waals surface area contributed by atoms with Crippen LogP contribution in [0.3, 0.4) is 0 Å². The molecular formula is C26H26N6O3S. The van der Waals surface area contributed by atoms with Crippen LogP contribution in [0.4, 0.5) is 22.9 Å². The number of hydrogen-bond acceptors (Lipinski definition) is 7. The molecule has 0 saturated heterocycles. The van der Waals surface area contributed by atoms with Gasteiger partial charge in [0.05, 0.1) is 27.7 Å². The van der Waals surface area contributed by atoms with Gasteiger partial charge in [0.2, 0.25) is 0 Å². The van der Waals surface area contributed by atoms with E-state index >= 15 is 0 Å². The van der Waals surface area contributed by atoms with Crippen molar-refractivity contribution in [3.8, 4) is 5.69 Å². The molecule has 36 heavy (non-hydrogen) atoms. The van der Waals surface area contributed by atoms with E-state index in [1.165, 1.54) is 23.4 Å². The van der Waals surface area contributed by atoms with Crippen molar-refractivity contribution in [1.29, 1.82) is 0 Å². The maximum Gasteiger partial charge on any atom is 0.264 e. The fourth-order valence-electron chi connectivity index (χ4n) is 3.70. The van der Waals surface area contributed by atoms with Crippen molar-refractivity contribution >= 4 is 38.7 Å². The van der Waals surface area contributed by atoms with Crippen LogP contribution in [-0.2, 0) is 10.0 Å². The van der Waals surface area contributed by atoms with Crippen LogP contribution in [0.15, 0.2) is 94.0 Å². The molecule has 0 aliphatic carbocycles. The van der Waals surface area contributed by atoms with Crippen LogP contribution >= 0.6 is 0 Å². The summed E-state index contributed by atoms with van der Waals surface area (Å²) in [4.78, 5) is 11.7. The molecule has 0 aliphatic heterocycles. The van der Waals surface area contributed by atoms with Gasteiger partial charge in [-0.25, -0.2) is 13.1 Å². The largest absolute Gasteiger partial charge is 0.382 e. The molecule has 0 saturated carbocycles. The van der Waals surface area contributed by atoms with E-state index < -0.39 is 10.0 Å². The van der Waals surface area contributed by atoms with Crippen molar-refractivity contribution in [3.63, 3.8) is 0 Å². The van der Waals surface area contributed by atoms with Crippen LogP contribution < -0.4 is 10.0 Å². The number of para-hydroxylation sites is 1. The van der Waals surface area contributed by atoms with Crippen LogP contribution in [0, 0.1) is 6.92 Å². The molecule has 0 spiro atoms. The van der Waals surface area contributed by atoms with E-state index in [4.69, 9.17) is 5.73 Å². The Morgan fingerprint density at radius 2 is 1.61 bits per heavy atom. The third kappa shape index (κ3) is 4.89. The van der Waals surface area contributed by atoms with Crippen LogP contribution in [0.1, 0.15) is 29.9 Å². The van der Waals surface area contributed by atoms with E-state index in [-0.39, 0.29) is 17.2 Å². The van der Waals surface area contributed by atoms with Gasteiger partial charge in [0, 0.05) is 12.1 Å². The van der Waals surface area contributed by atoms with E-state index in [1.54, 1.807) is 54.9 Å². The highest BCUT2D eigenvalue weighted by molar-refractivity contribution is 7.92. The predicted octanol–water partition coefficient (Wildman–Crippen LogP) is 5.60. The van der Waals surface area contributed by atoms with Crippen molar-refractivity contribution in [1.82, 2.24) is 9.78 Å². The van der Waals surface area contributed by atoms with Gasteiger partial charge in [0.25, 0.3) is 10.0 Å². The molecule has 0 unspecified atom stereocenters. The molecule has 0 bridgehead atoms. The third-order valence-electron chi connectivity index (χ3n) is 5.60. The summed E-state index contributed by atoms with van der Waals surface area (Å²) in [7, 11) is -3.82. The van der Waals surface area contributed by atoms with Gasteiger partial charge in [-0.2, -0.15) is 10.2 Å². The average Bonchev–Trinajstić information content (AvgIpc) is 3.17. The van der Waals surface area contributed by atoms with Crippen LogP contribution in [0.2, 0.25) is 0 Å². The third-order valence-corrected chi connectivity index (χ3v) is 7.52. The number of Topliss-reactive ketones (excluding diaryl/α,β-unsaturated/α-hetero) is 1. The van der Waals surface area contributed by atoms with Gasteiger partial charge in [-0.1, -0.05) is 18.2 Å². The summed E-state index contributed by atoms with van der Waals surface area (Å²) < 4.78 is 29.4. The van der Waals surface area contributed by atoms with E-state index in [0.29, 0.717) is 34.1 Å². The molecule has 4 rings (SSSR count). The quantitative estimate of drug-likeness (QED) is 0.248. The number of rotatable bonds is 8. The molecule has 184 valence electrons. The Morgan fingerprint density at radius 1 is 0.972 bits per heavy atom. The highest BCUT2D eigenvalue weighted by atomic mass is 32.2. The number of carbonyl (C=O) groups is 1. The van der Waals surface area contributed by atoms with Crippen molar-refractivity contribution in [2.24, 2.45) is 10.2 Å². The maximum absolute atomic E-state index is 13.3. The van der Waals surface area contributed by atoms with E-state index in [1.807, 2.05) is 30.3 Å². The first kappa shape index (κ1) is 24.8. The number of hydrogen-bond donors (Lipinski definition) is 1. The molecule has 4 aromatic rings. The summed E-state index contributed by atoms with van der Waals surface area (Å²) >= 11 is 0. The topological polar surface area (TPSA) is 123 Å². The summed E-state index contributed by atoms with van der Waals surface area (Å²) in [6, 6.07) is 22.1. The van der Waals surface area contributed by atoms with E-state index in [9.17, 15) is 13.2 Å². The summed E-state index contributed by atoms with van der Waals surface area (Å²) in [5.41, 5.74) is 9.60. The smallest absolute Gasteiger partial charge is 0.264 e. The Balaban J connectivity index is 1.56. The van der Waals surface area contributed by atoms with Crippen LogP contribution in [0.25, 0.3) is 5.69 Å². The minimum Gasteiger partial charge on any atom is -0.382 e. The first-order chi connectivity index (χ1) is 17.2. The van der Waals surface area contributed by atoms with Crippen LogP contribution in [-0.4, -0.2) is 30.5 Å². The zero-order valence-electron chi connectivity index (χ0n) is 20.2. The molecule has 0 radical (unpaired) electrons. The predicted molar refractivity (Wildman–Crippen MR) is 140 cm³/mol. The monoisotopic (exact) mass is 502 g/mol. The van der Waals surface area contributed by atoms with Gasteiger partial charge >= 0.3 is 0 Å². The molecule has 0 fully saturated rings. The summed E-state index contributed by atoms with van der Waals surface area (Å²) in [6.45, 7) is 5.24. The van der Waals surface area contributed by atoms with Gasteiger partial charge in [-0.3, -0.25) is 9.10 Å². The highest BCUT2D eigenvalue weighted by Crippen LogP contribution is 2.31. The second-order valence-corrected chi connectivity index (χ2v) is 9.90. The van der Waals surface area contributed by atoms with Crippen molar-refractivity contribution in [2.75, 3.05) is 16.6 Å². The lowest BCUT2D eigenvalue weighted by atomic mass is 10.1. The minimum atomic E-state index is -3.82. The molecule has 0 amide bonds. The Bertz CT molecular complexity index is 1510. The fraction of sp³-hybridized carbons (Fsp3) is 0.154. The zero-order chi connectivity index (χ0) is 25.9. The second kappa shape index (κ2) is 10.1. The summed E-state index contributed by atoms with van der Waals surface area (Å²) in [6.07, 6.45) is 0. The van der Waals surface area contributed by atoms with Crippen molar-refractivity contribution in [2.45, 2.75) is 25.7 Å². The number of aromatic nitrogens is 2. The number of aryl methyl sites for hydroxylation is 1. The molecule has 3 aromatic carbocycles. The second-order valence-electron chi connectivity index (χ2n) is 8.03. The first-order valence-corrected chi connectivity index (χ1v) is 12.7. The molecule has 1 heterocycles. The molecule has 10 heteroatoms. The lowest BCUT2D eigenvalue weighted by molar-refractivity contribution is 0.101. The van der Waals surface area contributed by atoms with Gasteiger partial charge < -0.3 is 5.73 Å². The first-order valence-electron chi connectivity index (χ1n) is 11.3. The zero-order valence-corrected chi connectivity index (χ0v) is 21.0. The molecule has 0 atom stereocenters. The van der Waals surface area contributed by atoms with Gasteiger partial charge in [0.15, 0.2) is 17.3 Å². The minimum absolute atomic E-state index is 0.0819. The normalized spacial score (nSPS) is 11.6. The molecule has 1 aromatic heterocycles. The Morgan fingerprint density at radius 3 is 2.19 bits per heavy atom. The summed E-state index contributed by atoms with van der Waals surface area (Å²) in [5.74, 6) is 0.276. The van der Waals surface area contributed by atoms with Gasteiger partial charge in [-0.15, -0.1) is 5.11 Å². The van der Waals surface area contributed by atoms with E-state index in [2.05, 4.69) is 15.3 Å². The maximum atomic E-state index is 13.3. The SMILES string of the molecule is CCN(c1ccc(C(C)=O)cc1)S(=O)(=O)c1ccc(/N=N/c2c(C)nn(-c3ccccc3)c2N)cc1. The Hall–Kier alpha value is -4.31. The number of anilines is 2. The Kier molecular flexibility index (Phi) is 6.98. The lowest BCUT2D eigenvalue weighted by Gasteiger charge is -2.23. The van der Waals surface area contributed by atoms with Gasteiger partial charge in [-0.05, 0) is 81.4 Å². The van der Waals surface area contributed by atoms with E-state index in [0.717, 1.165) is 5.69 Å². The molecule has 0 aliphatic rings. The number of nitrogen functional groups attached to an aromatic ring is 1. The number of nitrogens with zero attached hydrogens (tertiary/aromatic N) is 5. The molecular weight excluding hydrogens is 476 g/mol. The Labute approximate surface area is 210 Å². The van der Waals surface area contributed by atoms with Crippen LogP contribution in [0.5, 0.6) is 0 Å². The molecule has 9 nitrogen and oxygen atoms in total. The number of ketones is 1. The number of sulfonamides is 1. The summed E-state index contributed by atoms with van der Waals surface area (Å²) in [5, 5.41) is 12.9. The lowest BCUT2D eigenvalue weighted by Crippen LogP contribution is -2.30. The average molecular weight is 503 g/mol. The number of carbonyl (C=O) groups excluding carboxylic acids is 1. The number of azo groups is 1. The fourth-order valence-corrected chi connectivity index (χ4v) is 5.17. The standard InChI is InChI=1S/C26H26N6O3S/c1-4-31(22-14-10-20(11-15-22)19(3)33)36(34,35)24-16-12-21(13-17-24)28-29-25-18(2)30-32(26(25)27)23-8-6-5-7-9-23/h5-17H,4,27H2,1-3H3/b29-28+. The number of nitrogens with two attached hydrogens (primary N) is 1. The van der Waals surface area contributed by atoms with Gasteiger partial charge in [0.1, 0.15) is 0 Å². The number of benzene rings is 3. The highest BCUT2D eigenvalue weighted by Gasteiger charge is 2.23. The molecule has 2 N–H and O–H groups in total. The van der Waals surface area contributed by atoms with Crippen molar-refractivity contribution in [3.05, 3.63) is 90.1 Å².